The zero-order valence-corrected chi connectivity index (χ0v) is 11.0. The molecule has 0 atom stereocenters. The van der Waals surface area contributed by atoms with Crippen LogP contribution in [0, 0.1) is 0 Å². The number of esters is 2. The zero-order chi connectivity index (χ0) is 13.6. The van der Waals surface area contributed by atoms with E-state index in [1.165, 1.54) is 26.0 Å². The first-order valence-corrected chi connectivity index (χ1v) is 6.16. The third kappa shape index (κ3) is 3.24. The van der Waals surface area contributed by atoms with Gasteiger partial charge in [-0.3, -0.25) is 0 Å². The highest BCUT2D eigenvalue weighted by Crippen LogP contribution is 2.22. The van der Waals surface area contributed by atoms with E-state index in [2.05, 4.69) is 9.47 Å². The van der Waals surface area contributed by atoms with E-state index in [1.54, 1.807) is 0 Å². The molecule has 0 amide bonds. The highest BCUT2D eigenvalue weighted by atomic mass is 32.2. The van der Waals surface area contributed by atoms with Gasteiger partial charge in [-0.2, -0.15) is 0 Å². The fourth-order valence-corrected chi connectivity index (χ4v) is 2.26. The maximum Gasteiger partial charge on any atom is 0.338 e. The van der Waals surface area contributed by atoms with Crippen LogP contribution in [0.15, 0.2) is 35.2 Å². The van der Waals surface area contributed by atoms with Gasteiger partial charge in [-0.15, -0.1) is 11.8 Å². The fourth-order valence-electron chi connectivity index (χ4n) is 1.28. The summed E-state index contributed by atoms with van der Waals surface area (Å²) in [6.45, 7) is 0. The lowest BCUT2D eigenvalue weighted by molar-refractivity contribution is -0.159. The van der Waals surface area contributed by atoms with Crippen molar-refractivity contribution in [2.45, 2.75) is 10.4 Å². The summed E-state index contributed by atoms with van der Waals surface area (Å²) in [6.07, 6.45) is 0. The lowest BCUT2D eigenvalue weighted by atomic mass is 10.1. The third-order valence-corrected chi connectivity index (χ3v) is 3.51. The van der Waals surface area contributed by atoms with Crippen molar-refractivity contribution in [1.82, 2.24) is 0 Å². The van der Waals surface area contributed by atoms with Gasteiger partial charge >= 0.3 is 11.9 Å². The SMILES string of the molecule is COC(=O)C(N)(CSc1ccccc1)C(=O)OC. The molecular formula is C12H15NO4S. The van der Waals surface area contributed by atoms with Crippen molar-refractivity contribution in [2.75, 3.05) is 20.0 Å². The molecule has 1 aromatic rings. The van der Waals surface area contributed by atoms with Crippen LogP contribution in [-0.2, 0) is 19.1 Å². The molecule has 0 fully saturated rings. The molecule has 0 aromatic heterocycles. The molecule has 0 aliphatic carbocycles. The van der Waals surface area contributed by atoms with E-state index in [0.29, 0.717) is 0 Å². The number of ether oxygens (including phenoxy) is 2. The maximum atomic E-state index is 11.6. The van der Waals surface area contributed by atoms with Crippen LogP contribution >= 0.6 is 11.8 Å². The van der Waals surface area contributed by atoms with Gasteiger partial charge in [0.2, 0.25) is 5.54 Å². The number of hydrogen-bond donors (Lipinski definition) is 1. The molecule has 0 aliphatic rings. The largest absolute Gasteiger partial charge is 0.467 e. The van der Waals surface area contributed by atoms with E-state index in [0.717, 1.165) is 4.90 Å². The van der Waals surface area contributed by atoms with E-state index >= 15 is 0 Å². The first kappa shape index (κ1) is 14.5. The molecule has 5 nitrogen and oxygen atoms in total. The number of carbonyl (C=O) groups excluding carboxylic acids is 2. The van der Waals surface area contributed by atoms with Crippen molar-refractivity contribution in [3.8, 4) is 0 Å². The first-order chi connectivity index (χ1) is 8.54. The molecule has 6 heteroatoms. The Bertz CT molecular complexity index is 405. The smallest absolute Gasteiger partial charge is 0.338 e. The minimum absolute atomic E-state index is 0.0519. The lowest BCUT2D eigenvalue weighted by Crippen LogP contribution is -2.58. The number of benzene rings is 1. The van der Waals surface area contributed by atoms with Crippen molar-refractivity contribution in [3.05, 3.63) is 30.3 Å². The van der Waals surface area contributed by atoms with Crippen LogP contribution in [0.25, 0.3) is 0 Å². The molecule has 0 spiro atoms. The van der Waals surface area contributed by atoms with Gasteiger partial charge in [-0.25, -0.2) is 9.59 Å². The van der Waals surface area contributed by atoms with Crippen LogP contribution in [0.5, 0.6) is 0 Å². The summed E-state index contributed by atoms with van der Waals surface area (Å²) in [6, 6.07) is 9.31. The van der Waals surface area contributed by atoms with E-state index in [4.69, 9.17) is 5.73 Å². The number of thioether (sulfide) groups is 1. The normalized spacial score (nSPS) is 10.8. The lowest BCUT2D eigenvalue weighted by Gasteiger charge is -2.22. The average molecular weight is 269 g/mol. The Morgan fingerprint density at radius 2 is 1.67 bits per heavy atom. The number of methoxy groups -OCH3 is 2. The second-order valence-corrected chi connectivity index (χ2v) is 4.60. The maximum absolute atomic E-state index is 11.6. The molecule has 98 valence electrons. The van der Waals surface area contributed by atoms with Crippen molar-refractivity contribution in [3.63, 3.8) is 0 Å². The second-order valence-electron chi connectivity index (χ2n) is 3.56. The van der Waals surface area contributed by atoms with Gasteiger partial charge in [0.05, 0.1) is 14.2 Å². The fraction of sp³-hybridized carbons (Fsp3) is 0.333. The van der Waals surface area contributed by atoms with Crippen LogP contribution in [-0.4, -0.2) is 37.4 Å². The average Bonchev–Trinajstić information content (AvgIpc) is 2.43. The minimum atomic E-state index is -1.79. The van der Waals surface area contributed by atoms with Crippen molar-refractivity contribution in [2.24, 2.45) is 5.73 Å². The van der Waals surface area contributed by atoms with Crippen LogP contribution in [0.4, 0.5) is 0 Å². The minimum Gasteiger partial charge on any atom is -0.467 e. The standard InChI is InChI=1S/C12H15NO4S/c1-16-10(14)12(13,11(15)17-2)8-18-9-6-4-3-5-7-9/h3-7H,8,13H2,1-2H3. The quantitative estimate of drug-likeness (QED) is 0.484. The van der Waals surface area contributed by atoms with Crippen LogP contribution < -0.4 is 5.73 Å². The Balaban J connectivity index is 2.80. The van der Waals surface area contributed by atoms with Gasteiger partial charge in [0.25, 0.3) is 0 Å². The van der Waals surface area contributed by atoms with E-state index in [-0.39, 0.29) is 5.75 Å². The summed E-state index contributed by atoms with van der Waals surface area (Å²) in [7, 11) is 2.36. The number of nitrogens with two attached hydrogens (primary N) is 1. The molecule has 0 saturated heterocycles. The van der Waals surface area contributed by atoms with Crippen molar-refractivity contribution < 1.29 is 19.1 Å². The summed E-state index contributed by atoms with van der Waals surface area (Å²) < 4.78 is 9.10. The van der Waals surface area contributed by atoms with Gasteiger partial charge in [0, 0.05) is 10.6 Å². The monoisotopic (exact) mass is 269 g/mol. The third-order valence-electron chi connectivity index (χ3n) is 2.31. The second kappa shape index (κ2) is 6.42. The molecule has 0 bridgehead atoms. The van der Waals surface area contributed by atoms with Gasteiger partial charge in [-0.05, 0) is 12.1 Å². The number of rotatable bonds is 5. The molecule has 0 unspecified atom stereocenters. The van der Waals surface area contributed by atoms with Gasteiger partial charge in [0.1, 0.15) is 0 Å². The number of carbonyl (C=O) groups is 2. The van der Waals surface area contributed by atoms with E-state index < -0.39 is 17.5 Å². The summed E-state index contributed by atoms with van der Waals surface area (Å²) in [5.74, 6) is -1.56. The van der Waals surface area contributed by atoms with Crippen molar-refractivity contribution >= 4 is 23.7 Å². The van der Waals surface area contributed by atoms with Crippen molar-refractivity contribution in [1.29, 1.82) is 0 Å². The molecule has 0 aliphatic heterocycles. The van der Waals surface area contributed by atoms with Crippen LogP contribution in [0.3, 0.4) is 0 Å². The Morgan fingerprint density at radius 3 is 2.11 bits per heavy atom. The molecule has 0 saturated carbocycles. The summed E-state index contributed by atoms with van der Waals surface area (Å²) >= 11 is 1.29. The van der Waals surface area contributed by atoms with E-state index in [9.17, 15) is 9.59 Å². The zero-order valence-electron chi connectivity index (χ0n) is 10.2. The molecule has 2 N–H and O–H groups in total. The summed E-state index contributed by atoms with van der Waals surface area (Å²) in [5, 5.41) is 0. The van der Waals surface area contributed by atoms with Crippen LogP contribution in [0.2, 0.25) is 0 Å². The topological polar surface area (TPSA) is 78.6 Å². The Morgan fingerprint density at radius 1 is 1.17 bits per heavy atom. The van der Waals surface area contributed by atoms with E-state index in [1.807, 2.05) is 30.3 Å². The highest BCUT2D eigenvalue weighted by Gasteiger charge is 2.44. The van der Waals surface area contributed by atoms with Gasteiger partial charge < -0.3 is 15.2 Å². The molecule has 1 aromatic carbocycles. The molecular weight excluding hydrogens is 254 g/mol. The predicted molar refractivity (Wildman–Crippen MR) is 68.1 cm³/mol. The molecule has 0 heterocycles. The Hall–Kier alpha value is -1.53. The first-order valence-electron chi connectivity index (χ1n) is 5.18. The predicted octanol–water partition coefficient (Wildman–Crippen LogP) is 0.822. The highest BCUT2D eigenvalue weighted by molar-refractivity contribution is 7.99. The number of hydrogen-bond acceptors (Lipinski definition) is 6. The molecule has 1 rings (SSSR count). The summed E-state index contributed by atoms with van der Waals surface area (Å²) in [5.41, 5.74) is 4.00. The van der Waals surface area contributed by atoms with Gasteiger partial charge in [0.15, 0.2) is 0 Å². The Kier molecular flexibility index (Phi) is 5.18. The van der Waals surface area contributed by atoms with Gasteiger partial charge in [-0.1, -0.05) is 18.2 Å². The summed E-state index contributed by atoms with van der Waals surface area (Å²) in [4.78, 5) is 24.1. The Labute approximate surface area is 110 Å². The molecule has 0 radical (unpaired) electrons. The van der Waals surface area contributed by atoms with Crippen LogP contribution in [0.1, 0.15) is 0 Å². The molecule has 18 heavy (non-hydrogen) atoms.